The molecular formula is C18H28N6O. The second-order valence-electron chi connectivity index (χ2n) is 7.62. The number of likely N-dealkylation sites (tertiary alicyclic amines) is 1. The van der Waals surface area contributed by atoms with Gasteiger partial charge in [0.1, 0.15) is 5.82 Å². The Kier molecular flexibility index (Phi) is 4.74. The zero-order valence-corrected chi connectivity index (χ0v) is 14.7. The lowest BCUT2D eigenvalue weighted by atomic mass is 9.93. The highest BCUT2D eigenvalue weighted by molar-refractivity contribution is 5.79. The molecule has 3 N–H and O–H groups in total. The van der Waals surface area contributed by atoms with Crippen LogP contribution in [0.25, 0.3) is 0 Å². The van der Waals surface area contributed by atoms with Gasteiger partial charge in [-0.1, -0.05) is 0 Å². The molecule has 1 aromatic rings. The highest BCUT2D eigenvalue weighted by atomic mass is 16.2. The van der Waals surface area contributed by atoms with Crippen molar-refractivity contribution < 1.29 is 4.79 Å². The molecule has 1 aliphatic carbocycles. The Labute approximate surface area is 149 Å². The van der Waals surface area contributed by atoms with Gasteiger partial charge < -0.3 is 16.0 Å². The number of aromatic nitrogens is 2. The van der Waals surface area contributed by atoms with Crippen LogP contribution in [0.15, 0.2) is 12.3 Å². The lowest BCUT2D eigenvalue weighted by Gasteiger charge is -2.42. The van der Waals surface area contributed by atoms with Crippen LogP contribution in [0.2, 0.25) is 0 Å². The van der Waals surface area contributed by atoms with Crippen LogP contribution >= 0.6 is 0 Å². The van der Waals surface area contributed by atoms with E-state index in [1.165, 1.54) is 0 Å². The first kappa shape index (κ1) is 16.6. The van der Waals surface area contributed by atoms with Crippen molar-refractivity contribution in [3.63, 3.8) is 0 Å². The monoisotopic (exact) mass is 344 g/mol. The summed E-state index contributed by atoms with van der Waals surface area (Å²) in [5.74, 6) is 1.70. The van der Waals surface area contributed by atoms with E-state index >= 15 is 0 Å². The zero-order valence-electron chi connectivity index (χ0n) is 14.7. The quantitative estimate of drug-likeness (QED) is 0.848. The van der Waals surface area contributed by atoms with Crippen molar-refractivity contribution in [3.8, 4) is 0 Å². The summed E-state index contributed by atoms with van der Waals surface area (Å²) in [5, 5.41) is 3.18. The predicted octanol–water partition coefficient (Wildman–Crippen LogP) is 1.02. The minimum Gasteiger partial charge on any atom is -0.384 e. The van der Waals surface area contributed by atoms with Gasteiger partial charge in [0.15, 0.2) is 0 Å². The van der Waals surface area contributed by atoms with E-state index in [2.05, 4.69) is 25.1 Å². The van der Waals surface area contributed by atoms with E-state index in [9.17, 15) is 4.79 Å². The summed E-state index contributed by atoms with van der Waals surface area (Å²) < 4.78 is 0. The number of rotatable bonds is 4. The topological polar surface area (TPSA) is 87.4 Å². The first-order valence-electron chi connectivity index (χ1n) is 9.57. The Hall–Kier alpha value is -1.89. The average Bonchev–Trinajstić information content (AvgIpc) is 3.46. The summed E-state index contributed by atoms with van der Waals surface area (Å²) in [4.78, 5) is 25.8. The fraction of sp³-hybridized carbons (Fsp3) is 0.722. The molecule has 3 aliphatic rings. The molecule has 1 aromatic heterocycles. The Morgan fingerprint density at radius 2 is 1.96 bits per heavy atom. The number of nitrogens with two attached hydrogens (primary N) is 1. The van der Waals surface area contributed by atoms with Gasteiger partial charge in [0.25, 0.3) is 0 Å². The number of carbonyl (C=O) groups excluding carboxylic acids is 1. The lowest BCUT2D eigenvalue weighted by molar-refractivity contribution is -0.127. The Morgan fingerprint density at radius 3 is 2.68 bits per heavy atom. The van der Waals surface area contributed by atoms with Gasteiger partial charge in [-0.25, -0.2) is 4.98 Å². The van der Waals surface area contributed by atoms with E-state index in [-0.39, 0.29) is 11.8 Å². The minimum absolute atomic E-state index is 0.171. The normalized spacial score (nSPS) is 25.8. The van der Waals surface area contributed by atoms with Crippen molar-refractivity contribution in [3.05, 3.63) is 12.3 Å². The number of amides is 1. The smallest absolute Gasteiger partial charge is 0.227 e. The fourth-order valence-corrected chi connectivity index (χ4v) is 4.04. The van der Waals surface area contributed by atoms with Crippen LogP contribution in [0.3, 0.4) is 0 Å². The molecule has 3 fully saturated rings. The molecular weight excluding hydrogens is 316 g/mol. The van der Waals surface area contributed by atoms with Crippen LogP contribution in [0.1, 0.15) is 38.5 Å². The Morgan fingerprint density at radius 1 is 1.16 bits per heavy atom. The van der Waals surface area contributed by atoms with Gasteiger partial charge in [-0.2, -0.15) is 4.98 Å². The first-order valence-corrected chi connectivity index (χ1v) is 9.57. The van der Waals surface area contributed by atoms with Crippen LogP contribution < -0.4 is 16.0 Å². The van der Waals surface area contributed by atoms with E-state index in [0.29, 0.717) is 17.9 Å². The molecule has 2 aliphatic heterocycles. The van der Waals surface area contributed by atoms with Crippen molar-refractivity contribution in [2.24, 2.45) is 5.92 Å². The highest BCUT2D eigenvalue weighted by Crippen LogP contribution is 2.26. The van der Waals surface area contributed by atoms with E-state index in [4.69, 9.17) is 5.73 Å². The molecule has 1 atom stereocenters. The number of hydrogen-bond acceptors (Lipinski definition) is 6. The third-order valence-electron chi connectivity index (χ3n) is 5.68. The summed E-state index contributed by atoms with van der Waals surface area (Å²) in [6, 6.07) is 2.75. The van der Waals surface area contributed by atoms with Gasteiger partial charge in [-0.05, 0) is 51.1 Å². The third kappa shape index (κ3) is 4.03. The SMILES string of the molecule is Nc1ccnc(N2CCC(N3CCC[C@H](C(=O)NC4CC4)C3)CC2)n1. The van der Waals surface area contributed by atoms with Gasteiger partial charge in [-0.3, -0.25) is 9.69 Å². The maximum atomic E-state index is 12.4. The molecule has 1 amide bonds. The molecule has 1 saturated carbocycles. The zero-order chi connectivity index (χ0) is 17.2. The molecule has 0 radical (unpaired) electrons. The van der Waals surface area contributed by atoms with Crippen LogP contribution in [-0.2, 0) is 4.79 Å². The van der Waals surface area contributed by atoms with Gasteiger partial charge in [0.05, 0.1) is 5.92 Å². The molecule has 25 heavy (non-hydrogen) atoms. The van der Waals surface area contributed by atoms with Crippen molar-refractivity contribution in [2.75, 3.05) is 36.8 Å². The Balaban J connectivity index is 1.30. The van der Waals surface area contributed by atoms with Crippen LogP contribution in [-0.4, -0.2) is 59.0 Å². The molecule has 136 valence electrons. The second-order valence-corrected chi connectivity index (χ2v) is 7.62. The number of hydrogen-bond donors (Lipinski definition) is 2. The number of nitrogens with one attached hydrogen (secondary N) is 1. The molecule has 2 saturated heterocycles. The summed E-state index contributed by atoms with van der Waals surface area (Å²) >= 11 is 0. The van der Waals surface area contributed by atoms with Gasteiger partial charge in [-0.15, -0.1) is 0 Å². The van der Waals surface area contributed by atoms with Crippen LogP contribution in [0, 0.1) is 5.92 Å². The molecule has 7 heteroatoms. The first-order chi connectivity index (χ1) is 12.2. The standard InChI is InChI=1S/C18H28N6O/c19-16-5-8-20-18(22-16)23-10-6-15(7-11-23)24-9-1-2-13(12-24)17(25)21-14-3-4-14/h5,8,13-15H,1-4,6-7,9-12H2,(H,21,25)(H2,19,20,22)/t13-/m0/s1. The molecule has 0 aromatic carbocycles. The largest absolute Gasteiger partial charge is 0.384 e. The van der Waals surface area contributed by atoms with E-state index in [1.54, 1.807) is 12.3 Å². The number of carbonyl (C=O) groups is 1. The maximum Gasteiger partial charge on any atom is 0.227 e. The van der Waals surface area contributed by atoms with Gasteiger partial charge in [0.2, 0.25) is 11.9 Å². The summed E-state index contributed by atoms with van der Waals surface area (Å²) in [5.41, 5.74) is 5.77. The average molecular weight is 344 g/mol. The van der Waals surface area contributed by atoms with Crippen LogP contribution in [0.5, 0.6) is 0 Å². The molecule has 7 nitrogen and oxygen atoms in total. The number of nitrogen functional groups attached to an aromatic ring is 1. The molecule has 3 heterocycles. The van der Waals surface area contributed by atoms with Crippen molar-refractivity contribution in [2.45, 2.75) is 50.6 Å². The maximum absolute atomic E-state index is 12.4. The Bertz CT molecular complexity index is 611. The third-order valence-corrected chi connectivity index (χ3v) is 5.68. The van der Waals surface area contributed by atoms with E-state index in [0.717, 1.165) is 70.7 Å². The number of anilines is 2. The predicted molar refractivity (Wildman–Crippen MR) is 97.1 cm³/mol. The fourth-order valence-electron chi connectivity index (χ4n) is 4.04. The molecule has 0 unspecified atom stereocenters. The number of piperidine rings is 2. The lowest BCUT2D eigenvalue weighted by Crippen LogP contribution is -2.51. The summed E-state index contributed by atoms with van der Waals surface area (Å²) in [6.07, 6.45) is 8.38. The van der Waals surface area contributed by atoms with Crippen LogP contribution in [0.4, 0.5) is 11.8 Å². The van der Waals surface area contributed by atoms with Gasteiger partial charge >= 0.3 is 0 Å². The van der Waals surface area contributed by atoms with E-state index in [1.807, 2.05) is 0 Å². The highest BCUT2D eigenvalue weighted by Gasteiger charge is 2.34. The molecule has 0 spiro atoms. The van der Waals surface area contributed by atoms with Crippen molar-refractivity contribution in [1.82, 2.24) is 20.2 Å². The van der Waals surface area contributed by atoms with Crippen molar-refractivity contribution in [1.29, 1.82) is 0 Å². The minimum atomic E-state index is 0.171. The van der Waals surface area contributed by atoms with Gasteiger partial charge in [0, 0.05) is 37.9 Å². The summed E-state index contributed by atoms with van der Waals surface area (Å²) in [7, 11) is 0. The molecule has 4 rings (SSSR count). The molecule has 0 bridgehead atoms. The number of nitrogens with zero attached hydrogens (tertiary/aromatic N) is 4. The summed E-state index contributed by atoms with van der Waals surface area (Å²) in [6.45, 7) is 3.93. The van der Waals surface area contributed by atoms with E-state index < -0.39 is 0 Å². The second kappa shape index (κ2) is 7.15. The van der Waals surface area contributed by atoms with Crippen molar-refractivity contribution >= 4 is 17.7 Å².